The van der Waals surface area contributed by atoms with Gasteiger partial charge in [0.2, 0.25) is 5.91 Å². The lowest BCUT2D eigenvalue weighted by molar-refractivity contribution is -0.137. The van der Waals surface area contributed by atoms with Gasteiger partial charge in [0.25, 0.3) is 0 Å². The Balaban J connectivity index is 1.71. The summed E-state index contributed by atoms with van der Waals surface area (Å²) in [6, 6.07) is 15.6. The minimum atomic E-state index is -4.48. The van der Waals surface area contributed by atoms with E-state index in [2.05, 4.69) is 5.32 Å². The second-order valence-corrected chi connectivity index (χ2v) is 6.12. The van der Waals surface area contributed by atoms with Gasteiger partial charge in [-0.1, -0.05) is 37.3 Å². The summed E-state index contributed by atoms with van der Waals surface area (Å²) in [6.07, 6.45) is -0.888. The van der Waals surface area contributed by atoms with Gasteiger partial charge in [-0.2, -0.15) is 13.2 Å². The minimum Gasteiger partial charge on any atom is -0.457 e. The molecule has 0 aliphatic carbocycles. The van der Waals surface area contributed by atoms with Crippen molar-refractivity contribution < 1.29 is 22.4 Å². The number of hydrogen-bond donors (Lipinski definition) is 1. The molecule has 1 N–H and O–H groups in total. The summed E-state index contributed by atoms with van der Waals surface area (Å²) in [5.41, 5.74) is 1.00. The van der Waals surface area contributed by atoms with Crippen molar-refractivity contribution in [1.82, 2.24) is 0 Å². The largest absolute Gasteiger partial charge is 0.457 e. The van der Waals surface area contributed by atoms with E-state index in [4.69, 9.17) is 4.42 Å². The number of aryl methyl sites for hydroxylation is 1. The molecule has 1 amide bonds. The molecule has 0 spiro atoms. The van der Waals surface area contributed by atoms with E-state index in [9.17, 15) is 18.0 Å². The van der Waals surface area contributed by atoms with Gasteiger partial charge in [0, 0.05) is 17.3 Å². The molecule has 0 saturated heterocycles. The summed E-state index contributed by atoms with van der Waals surface area (Å²) in [4.78, 5) is 12.0. The number of alkyl halides is 3. The van der Waals surface area contributed by atoms with Crippen LogP contribution in [-0.4, -0.2) is 5.91 Å². The van der Waals surface area contributed by atoms with Crippen LogP contribution < -0.4 is 5.32 Å². The number of halogens is 3. The number of carbonyl (C=O) groups is 1. The topological polar surface area (TPSA) is 42.2 Å². The van der Waals surface area contributed by atoms with Crippen LogP contribution in [0.3, 0.4) is 0 Å². The molecule has 3 aromatic rings. The Hall–Kier alpha value is -3.28. The first-order valence-electron chi connectivity index (χ1n) is 8.71. The Morgan fingerprint density at radius 3 is 2.43 bits per heavy atom. The standard InChI is InChI=1S/C22H18F3NO2/c1-2-15-7-9-16(10-8-15)26-21(27)14-12-17-11-13-20(28-17)18-5-3-4-6-19(18)22(23,24)25/h3-14H,2H2,1H3,(H,26,27)/b14-12+. The number of rotatable bonds is 5. The summed E-state index contributed by atoms with van der Waals surface area (Å²) < 4.78 is 44.9. The van der Waals surface area contributed by atoms with Crippen molar-refractivity contribution in [2.75, 3.05) is 5.32 Å². The third-order valence-electron chi connectivity index (χ3n) is 4.15. The van der Waals surface area contributed by atoms with Gasteiger partial charge in [-0.25, -0.2) is 0 Å². The van der Waals surface area contributed by atoms with E-state index >= 15 is 0 Å². The summed E-state index contributed by atoms with van der Waals surface area (Å²) >= 11 is 0. The number of nitrogens with one attached hydrogen (secondary N) is 1. The van der Waals surface area contributed by atoms with Crippen molar-refractivity contribution in [2.45, 2.75) is 19.5 Å². The van der Waals surface area contributed by atoms with Crippen molar-refractivity contribution in [3.8, 4) is 11.3 Å². The van der Waals surface area contributed by atoms with Crippen LogP contribution in [0, 0.1) is 0 Å². The summed E-state index contributed by atoms with van der Waals surface area (Å²) in [7, 11) is 0. The number of carbonyl (C=O) groups excluding carboxylic acids is 1. The highest BCUT2D eigenvalue weighted by atomic mass is 19.4. The lowest BCUT2D eigenvalue weighted by Gasteiger charge is -2.10. The first kappa shape index (κ1) is 19.5. The summed E-state index contributed by atoms with van der Waals surface area (Å²) in [5.74, 6) is 0.00415. The highest BCUT2D eigenvalue weighted by Gasteiger charge is 2.34. The monoisotopic (exact) mass is 385 g/mol. The number of amides is 1. The Bertz CT molecular complexity index is 986. The lowest BCUT2D eigenvalue weighted by Crippen LogP contribution is -2.07. The molecule has 0 saturated carbocycles. The van der Waals surface area contributed by atoms with Crippen LogP contribution in [0.2, 0.25) is 0 Å². The zero-order valence-electron chi connectivity index (χ0n) is 15.1. The van der Waals surface area contributed by atoms with Crippen molar-refractivity contribution in [1.29, 1.82) is 0 Å². The van der Waals surface area contributed by atoms with Crippen LogP contribution in [0.4, 0.5) is 18.9 Å². The Morgan fingerprint density at radius 1 is 1.04 bits per heavy atom. The third-order valence-corrected chi connectivity index (χ3v) is 4.15. The van der Waals surface area contributed by atoms with Gasteiger partial charge in [-0.3, -0.25) is 4.79 Å². The molecule has 0 atom stereocenters. The molecule has 0 unspecified atom stereocenters. The zero-order valence-corrected chi connectivity index (χ0v) is 15.1. The van der Waals surface area contributed by atoms with Gasteiger partial charge in [0.05, 0.1) is 5.56 Å². The molecular weight excluding hydrogens is 367 g/mol. The SMILES string of the molecule is CCc1ccc(NC(=O)/C=C/c2ccc(-c3ccccc3C(F)(F)F)o2)cc1. The van der Waals surface area contributed by atoms with Gasteiger partial charge in [-0.05, 0) is 48.4 Å². The molecule has 6 heteroatoms. The van der Waals surface area contributed by atoms with Crippen LogP contribution in [0.5, 0.6) is 0 Å². The van der Waals surface area contributed by atoms with Crippen molar-refractivity contribution in [3.05, 3.63) is 83.6 Å². The zero-order chi connectivity index (χ0) is 20.1. The molecule has 0 aliphatic heterocycles. The van der Waals surface area contributed by atoms with Crippen LogP contribution in [0.15, 0.2) is 71.2 Å². The van der Waals surface area contributed by atoms with Gasteiger partial charge in [-0.15, -0.1) is 0 Å². The lowest BCUT2D eigenvalue weighted by atomic mass is 10.1. The maximum Gasteiger partial charge on any atom is 0.417 e. The number of anilines is 1. The van der Waals surface area contributed by atoms with E-state index in [0.29, 0.717) is 5.69 Å². The van der Waals surface area contributed by atoms with Gasteiger partial charge >= 0.3 is 6.18 Å². The van der Waals surface area contributed by atoms with Crippen molar-refractivity contribution in [2.24, 2.45) is 0 Å². The van der Waals surface area contributed by atoms with Gasteiger partial charge < -0.3 is 9.73 Å². The molecule has 144 valence electrons. The van der Waals surface area contributed by atoms with Crippen molar-refractivity contribution >= 4 is 17.7 Å². The van der Waals surface area contributed by atoms with E-state index in [0.717, 1.165) is 18.1 Å². The molecule has 0 aliphatic rings. The van der Waals surface area contributed by atoms with Crippen LogP contribution in [0.1, 0.15) is 23.8 Å². The highest BCUT2D eigenvalue weighted by molar-refractivity contribution is 6.01. The molecule has 28 heavy (non-hydrogen) atoms. The molecule has 0 fully saturated rings. The average Bonchev–Trinajstić information content (AvgIpc) is 3.15. The Morgan fingerprint density at radius 2 is 1.75 bits per heavy atom. The molecule has 0 radical (unpaired) electrons. The maximum absolute atomic E-state index is 13.1. The van der Waals surface area contributed by atoms with E-state index in [1.165, 1.54) is 42.5 Å². The molecule has 0 bridgehead atoms. The van der Waals surface area contributed by atoms with Gasteiger partial charge in [0.15, 0.2) is 0 Å². The predicted octanol–water partition coefficient (Wildman–Crippen LogP) is 6.18. The third kappa shape index (κ3) is 4.71. The van der Waals surface area contributed by atoms with Crippen LogP contribution in [0.25, 0.3) is 17.4 Å². The average molecular weight is 385 g/mol. The highest BCUT2D eigenvalue weighted by Crippen LogP contribution is 2.37. The molecule has 1 aromatic heterocycles. The fraction of sp³-hybridized carbons (Fsp3) is 0.136. The molecule has 2 aromatic carbocycles. The maximum atomic E-state index is 13.1. The fourth-order valence-electron chi connectivity index (χ4n) is 2.70. The van der Waals surface area contributed by atoms with Crippen LogP contribution >= 0.6 is 0 Å². The van der Waals surface area contributed by atoms with E-state index in [1.54, 1.807) is 0 Å². The van der Waals surface area contributed by atoms with E-state index in [1.807, 2.05) is 31.2 Å². The molecule has 3 rings (SSSR count). The number of furan rings is 1. The first-order chi connectivity index (χ1) is 13.4. The van der Waals surface area contributed by atoms with E-state index < -0.39 is 11.7 Å². The number of benzene rings is 2. The minimum absolute atomic E-state index is 0.0462. The van der Waals surface area contributed by atoms with Gasteiger partial charge in [0.1, 0.15) is 11.5 Å². The molecular formula is C22H18F3NO2. The smallest absolute Gasteiger partial charge is 0.417 e. The first-order valence-corrected chi connectivity index (χ1v) is 8.71. The molecule has 3 nitrogen and oxygen atoms in total. The van der Waals surface area contributed by atoms with Crippen LogP contribution in [-0.2, 0) is 17.4 Å². The number of hydrogen-bond acceptors (Lipinski definition) is 2. The second kappa shape index (κ2) is 8.17. The Labute approximate surface area is 160 Å². The Kier molecular flexibility index (Phi) is 5.68. The predicted molar refractivity (Wildman–Crippen MR) is 103 cm³/mol. The normalized spacial score (nSPS) is 11.7. The summed E-state index contributed by atoms with van der Waals surface area (Å²) in [6.45, 7) is 2.04. The quantitative estimate of drug-likeness (QED) is 0.533. The van der Waals surface area contributed by atoms with E-state index in [-0.39, 0.29) is 23.0 Å². The summed E-state index contributed by atoms with van der Waals surface area (Å²) in [5, 5.41) is 2.71. The van der Waals surface area contributed by atoms with Crippen molar-refractivity contribution in [3.63, 3.8) is 0 Å². The second-order valence-electron chi connectivity index (χ2n) is 6.12. The molecule has 1 heterocycles. The fourth-order valence-corrected chi connectivity index (χ4v) is 2.70.